The van der Waals surface area contributed by atoms with Crippen molar-refractivity contribution in [2.45, 2.75) is 6.92 Å². The zero-order valence-electron chi connectivity index (χ0n) is 11.0. The molecule has 0 saturated heterocycles. The molecule has 104 valence electrons. The van der Waals surface area contributed by atoms with Crippen LogP contribution in [0, 0.1) is 6.92 Å². The first kappa shape index (κ1) is 14.0. The maximum absolute atomic E-state index is 12.0. The van der Waals surface area contributed by atoms with Crippen molar-refractivity contribution in [2.75, 3.05) is 5.32 Å². The van der Waals surface area contributed by atoms with Gasteiger partial charge in [-0.3, -0.25) is 9.48 Å². The number of hydrogen-bond acceptors (Lipinski definition) is 4. The van der Waals surface area contributed by atoms with Crippen LogP contribution in [-0.4, -0.2) is 26.8 Å². The Morgan fingerprint density at radius 2 is 2.20 bits per heavy atom. The molecule has 2 rings (SSSR count). The molecule has 2 aromatic rings. The molecule has 7 heteroatoms. The van der Waals surface area contributed by atoms with Crippen LogP contribution in [0.2, 0.25) is 0 Å². The number of nitrogens with zero attached hydrogens (tertiary/aromatic N) is 2. The molecule has 2 heterocycles. The van der Waals surface area contributed by atoms with Gasteiger partial charge in [-0.25, -0.2) is 4.79 Å². The van der Waals surface area contributed by atoms with Crippen LogP contribution in [0.5, 0.6) is 0 Å². The molecule has 0 spiro atoms. The highest BCUT2D eigenvalue weighted by Crippen LogP contribution is 2.19. The molecule has 0 atom stereocenters. The lowest BCUT2D eigenvalue weighted by Gasteiger charge is -2.02. The smallest absolute Gasteiger partial charge is 0.328 e. The summed E-state index contributed by atoms with van der Waals surface area (Å²) in [6.07, 6.45) is 2.50. The van der Waals surface area contributed by atoms with E-state index in [9.17, 15) is 9.59 Å². The molecule has 0 unspecified atom stereocenters. The van der Waals surface area contributed by atoms with Gasteiger partial charge in [-0.1, -0.05) is 0 Å². The summed E-state index contributed by atoms with van der Waals surface area (Å²) in [5.41, 5.74) is 0.819. The van der Waals surface area contributed by atoms with Crippen molar-refractivity contribution in [2.24, 2.45) is 7.05 Å². The highest BCUT2D eigenvalue weighted by molar-refractivity contribution is 7.15. The van der Waals surface area contributed by atoms with Crippen LogP contribution in [0.1, 0.15) is 20.2 Å². The van der Waals surface area contributed by atoms with Gasteiger partial charge in [-0.15, -0.1) is 11.3 Å². The second-order valence-electron chi connectivity index (χ2n) is 4.12. The fourth-order valence-corrected chi connectivity index (χ4v) is 2.43. The van der Waals surface area contributed by atoms with Crippen molar-refractivity contribution in [1.82, 2.24) is 9.78 Å². The van der Waals surface area contributed by atoms with Gasteiger partial charge in [-0.05, 0) is 25.1 Å². The summed E-state index contributed by atoms with van der Waals surface area (Å²) < 4.78 is 1.59. The zero-order chi connectivity index (χ0) is 14.7. The number of hydrogen-bond donors (Lipinski definition) is 2. The first-order valence-electron chi connectivity index (χ1n) is 5.78. The predicted molar refractivity (Wildman–Crippen MR) is 76.9 cm³/mol. The molecular weight excluding hydrogens is 278 g/mol. The summed E-state index contributed by atoms with van der Waals surface area (Å²) in [6, 6.07) is 5.13. The quantitative estimate of drug-likeness (QED) is 0.845. The van der Waals surface area contributed by atoms with E-state index in [1.54, 1.807) is 29.9 Å². The van der Waals surface area contributed by atoms with E-state index >= 15 is 0 Å². The lowest BCUT2D eigenvalue weighted by molar-refractivity contribution is -0.131. The minimum atomic E-state index is -1.02. The second kappa shape index (κ2) is 5.70. The van der Waals surface area contributed by atoms with Gasteiger partial charge in [0.05, 0.1) is 10.6 Å². The van der Waals surface area contributed by atoms with Crippen molar-refractivity contribution in [1.29, 1.82) is 0 Å². The van der Waals surface area contributed by atoms with E-state index in [1.807, 2.05) is 6.92 Å². The number of aliphatic carboxylic acids is 1. The summed E-state index contributed by atoms with van der Waals surface area (Å²) in [5, 5.41) is 15.4. The third-order valence-electron chi connectivity index (χ3n) is 2.48. The van der Waals surface area contributed by atoms with Crippen LogP contribution in [0.25, 0.3) is 6.08 Å². The van der Waals surface area contributed by atoms with Gasteiger partial charge in [-0.2, -0.15) is 5.10 Å². The van der Waals surface area contributed by atoms with Gasteiger partial charge in [0.1, 0.15) is 5.82 Å². The molecule has 0 aliphatic heterocycles. The summed E-state index contributed by atoms with van der Waals surface area (Å²) in [7, 11) is 1.75. The van der Waals surface area contributed by atoms with E-state index < -0.39 is 5.97 Å². The van der Waals surface area contributed by atoms with Crippen molar-refractivity contribution < 1.29 is 14.7 Å². The standard InChI is InChI=1S/C13H13N3O3S/c1-8-7-11(16(2)15-8)14-13(19)10-5-3-9(20-10)4-6-12(17)18/h3-7H,1-2H3,(H,14,19)(H,17,18). The Morgan fingerprint density at radius 3 is 2.80 bits per heavy atom. The van der Waals surface area contributed by atoms with Crippen molar-refractivity contribution in [3.05, 3.63) is 39.7 Å². The van der Waals surface area contributed by atoms with E-state index in [-0.39, 0.29) is 5.91 Å². The summed E-state index contributed by atoms with van der Waals surface area (Å²) in [4.78, 5) is 23.7. The molecule has 2 N–H and O–H groups in total. The zero-order valence-corrected chi connectivity index (χ0v) is 11.8. The van der Waals surface area contributed by atoms with Gasteiger partial charge < -0.3 is 10.4 Å². The Morgan fingerprint density at radius 1 is 1.45 bits per heavy atom. The molecule has 0 aliphatic carbocycles. The maximum Gasteiger partial charge on any atom is 0.328 e. The van der Waals surface area contributed by atoms with Crippen molar-refractivity contribution in [3.63, 3.8) is 0 Å². The molecule has 0 fully saturated rings. The fraction of sp³-hybridized carbons (Fsp3) is 0.154. The van der Waals surface area contributed by atoms with Crippen LogP contribution >= 0.6 is 11.3 Å². The molecule has 0 saturated carbocycles. The highest BCUT2D eigenvalue weighted by atomic mass is 32.1. The van der Waals surface area contributed by atoms with E-state index in [1.165, 1.54) is 17.4 Å². The topological polar surface area (TPSA) is 84.2 Å². The monoisotopic (exact) mass is 291 g/mol. The van der Waals surface area contributed by atoms with Crippen molar-refractivity contribution >= 4 is 35.1 Å². The largest absolute Gasteiger partial charge is 0.478 e. The number of carbonyl (C=O) groups excluding carboxylic acids is 1. The predicted octanol–water partition coefficient (Wildman–Crippen LogP) is 2.14. The molecule has 1 amide bonds. The van der Waals surface area contributed by atoms with Gasteiger partial charge >= 0.3 is 5.97 Å². The Bertz CT molecular complexity index is 685. The summed E-state index contributed by atoms with van der Waals surface area (Å²) in [5.74, 6) is -0.647. The number of nitrogens with one attached hydrogen (secondary N) is 1. The molecule has 6 nitrogen and oxygen atoms in total. The van der Waals surface area contributed by atoms with Gasteiger partial charge in [0.15, 0.2) is 0 Å². The third-order valence-corrected chi connectivity index (χ3v) is 3.53. The fourth-order valence-electron chi connectivity index (χ4n) is 1.62. The third kappa shape index (κ3) is 3.33. The number of carboxylic acid groups (broad SMARTS) is 1. The molecule has 0 aromatic carbocycles. The SMILES string of the molecule is Cc1cc(NC(=O)c2ccc(C=CC(=O)O)s2)n(C)n1. The first-order valence-corrected chi connectivity index (χ1v) is 6.60. The molecule has 2 aromatic heterocycles. The summed E-state index contributed by atoms with van der Waals surface area (Å²) >= 11 is 1.22. The van der Waals surface area contributed by atoms with Gasteiger partial charge in [0, 0.05) is 24.1 Å². The normalized spacial score (nSPS) is 10.9. The van der Waals surface area contributed by atoms with Crippen LogP contribution in [0.15, 0.2) is 24.3 Å². The lowest BCUT2D eigenvalue weighted by Crippen LogP contribution is -2.13. The molecular formula is C13H13N3O3S. The van der Waals surface area contributed by atoms with Crippen LogP contribution in [0.4, 0.5) is 5.82 Å². The number of carboxylic acids is 1. The number of rotatable bonds is 4. The van der Waals surface area contributed by atoms with Crippen LogP contribution in [0.3, 0.4) is 0 Å². The van der Waals surface area contributed by atoms with E-state index in [0.29, 0.717) is 15.6 Å². The number of aromatic nitrogens is 2. The van der Waals surface area contributed by atoms with Gasteiger partial charge in [0.2, 0.25) is 0 Å². The second-order valence-corrected chi connectivity index (χ2v) is 5.24. The number of aryl methyl sites for hydroxylation is 2. The number of anilines is 1. The van der Waals surface area contributed by atoms with Crippen molar-refractivity contribution in [3.8, 4) is 0 Å². The molecule has 0 radical (unpaired) electrons. The van der Waals surface area contributed by atoms with E-state index in [4.69, 9.17) is 5.11 Å². The Labute approximate surface area is 119 Å². The first-order chi connectivity index (χ1) is 9.45. The highest BCUT2D eigenvalue weighted by Gasteiger charge is 2.11. The van der Waals surface area contributed by atoms with Gasteiger partial charge in [0.25, 0.3) is 5.91 Å². The number of thiophene rings is 1. The average Bonchev–Trinajstić information content (AvgIpc) is 2.94. The molecule has 0 bridgehead atoms. The maximum atomic E-state index is 12.0. The average molecular weight is 291 g/mol. The Hall–Kier alpha value is -2.41. The van der Waals surface area contributed by atoms with Crippen LogP contribution in [-0.2, 0) is 11.8 Å². The lowest BCUT2D eigenvalue weighted by atomic mass is 10.3. The van der Waals surface area contributed by atoms with E-state index in [2.05, 4.69) is 10.4 Å². The molecule has 20 heavy (non-hydrogen) atoms. The number of amides is 1. The molecule has 0 aliphatic rings. The summed E-state index contributed by atoms with van der Waals surface area (Å²) in [6.45, 7) is 1.84. The Balaban J connectivity index is 2.10. The minimum Gasteiger partial charge on any atom is -0.478 e. The van der Waals surface area contributed by atoms with Crippen LogP contribution < -0.4 is 5.32 Å². The number of carbonyl (C=O) groups is 2. The van der Waals surface area contributed by atoms with E-state index in [0.717, 1.165) is 11.8 Å². The Kier molecular flexibility index (Phi) is 3.99. The minimum absolute atomic E-state index is 0.243.